The van der Waals surface area contributed by atoms with Crippen molar-refractivity contribution in [3.8, 4) is 0 Å². The van der Waals surface area contributed by atoms with Gasteiger partial charge in [0.15, 0.2) is 0 Å². The highest BCUT2D eigenvalue weighted by molar-refractivity contribution is 6.04. The number of carbonyl (C=O) groups excluding carboxylic acids is 2. The molecule has 1 aliphatic rings. The first kappa shape index (κ1) is 31.7. The van der Waals surface area contributed by atoms with Gasteiger partial charge in [0, 0.05) is 80.7 Å². The van der Waals surface area contributed by atoms with Crippen LogP contribution in [0.1, 0.15) is 48.0 Å². The first-order valence-corrected chi connectivity index (χ1v) is 15.0. The average Bonchev–Trinajstić information content (AvgIpc) is 3.43. The maximum Gasteiger partial charge on any atom is 0.256 e. The monoisotopic (exact) mass is 584 g/mol. The van der Waals surface area contributed by atoms with Crippen molar-refractivity contribution < 1.29 is 14.3 Å². The Morgan fingerprint density at radius 1 is 1.07 bits per heavy atom. The van der Waals surface area contributed by atoms with Gasteiger partial charge in [-0.15, -0.1) is 0 Å². The molecule has 0 saturated carbocycles. The molecule has 3 heterocycles. The zero-order chi connectivity index (χ0) is 30.6. The Bertz CT molecular complexity index is 1460. The molecule has 228 valence electrons. The molecule has 9 heteroatoms. The van der Waals surface area contributed by atoms with E-state index in [4.69, 9.17) is 9.53 Å². The first-order valence-electron chi connectivity index (χ1n) is 15.0. The Morgan fingerprint density at radius 2 is 1.79 bits per heavy atom. The molecule has 0 aliphatic carbocycles. The molecule has 0 unspecified atom stereocenters. The summed E-state index contributed by atoms with van der Waals surface area (Å²) in [6, 6.07) is 20.6. The molecule has 0 spiro atoms. The van der Waals surface area contributed by atoms with Gasteiger partial charge in [-0.3, -0.25) is 9.59 Å². The summed E-state index contributed by atoms with van der Waals surface area (Å²) in [6.07, 6.45) is 7.67. The predicted molar refractivity (Wildman–Crippen MR) is 174 cm³/mol. The molecule has 5 rings (SSSR count). The number of anilines is 3. The fraction of sp³-hybridized carbons (Fsp3) is 0.382. The Labute approximate surface area is 254 Å². The van der Waals surface area contributed by atoms with Crippen LogP contribution in [0.25, 0.3) is 10.9 Å². The van der Waals surface area contributed by atoms with Gasteiger partial charge in [0.05, 0.1) is 0 Å². The number of piperidine rings is 1. The lowest BCUT2D eigenvalue weighted by atomic mass is 9.89. The second kappa shape index (κ2) is 15.9. The number of nitrogens with zero attached hydrogens (tertiary/aromatic N) is 4. The molecule has 2 amide bonds. The van der Waals surface area contributed by atoms with E-state index in [0.717, 1.165) is 44.0 Å². The number of hydrogen-bond donors (Lipinski definition) is 2. The number of pyridine rings is 1. The van der Waals surface area contributed by atoms with E-state index in [1.807, 2.05) is 24.3 Å². The van der Waals surface area contributed by atoms with E-state index < -0.39 is 0 Å². The quantitative estimate of drug-likeness (QED) is 0.177. The predicted octanol–water partition coefficient (Wildman–Crippen LogP) is 5.56. The fourth-order valence-corrected chi connectivity index (χ4v) is 5.54. The number of aromatic nitrogens is 2. The van der Waals surface area contributed by atoms with Crippen LogP contribution in [0.15, 0.2) is 73.1 Å². The minimum Gasteiger partial charge on any atom is -0.385 e. The van der Waals surface area contributed by atoms with E-state index >= 15 is 0 Å². The van der Waals surface area contributed by atoms with Crippen molar-refractivity contribution in [2.24, 2.45) is 7.05 Å². The molecule has 9 nitrogen and oxygen atoms in total. The van der Waals surface area contributed by atoms with Crippen LogP contribution in [0.4, 0.5) is 17.2 Å². The lowest BCUT2D eigenvalue weighted by molar-refractivity contribution is -0.109. The van der Waals surface area contributed by atoms with E-state index in [1.165, 1.54) is 29.3 Å². The van der Waals surface area contributed by atoms with E-state index in [0.29, 0.717) is 30.3 Å². The molecule has 2 aromatic heterocycles. The molecule has 0 bridgehead atoms. The number of nitrogens with one attached hydrogen (secondary N) is 2. The van der Waals surface area contributed by atoms with Gasteiger partial charge in [-0.2, -0.15) is 0 Å². The van der Waals surface area contributed by atoms with Crippen molar-refractivity contribution in [2.45, 2.75) is 32.1 Å². The normalized spacial score (nSPS) is 13.7. The molecule has 2 aromatic carbocycles. The van der Waals surface area contributed by atoms with E-state index in [-0.39, 0.29) is 5.91 Å². The number of benzene rings is 2. The van der Waals surface area contributed by atoms with E-state index in [9.17, 15) is 4.79 Å². The van der Waals surface area contributed by atoms with Gasteiger partial charge in [0.25, 0.3) is 5.91 Å². The summed E-state index contributed by atoms with van der Waals surface area (Å²) in [7, 11) is 5.34. The van der Waals surface area contributed by atoms with Crippen molar-refractivity contribution in [1.82, 2.24) is 19.8 Å². The van der Waals surface area contributed by atoms with Crippen LogP contribution in [-0.2, 0) is 16.6 Å². The maximum atomic E-state index is 13.1. The molecule has 4 aromatic rings. The number of carbonyl (C=O) groups is 2. The summed E-state index contributed by atoms with van der Waals surface area (Å²) in [5.41, 5.74) is 5.22. The summed E-state index contributed by atoms with van der Waals surface area (Å²) in [4.78, 5) is 31.4. The minimum atomic E-state index is -0.149. The zero-order valence-electron chi connectivity index (χ0n) is 25.8. The molecule has 2 N–H and O–H groups in total. The summed E-state index contributed by atoms with van der Waals surface area (Å²) < 4.78 is 7.44. The van der Waals surface area contributed by atoms with Gasteiger partial charge in [-0.25, -0.2) is 4.98 Å². The Balaban J connectivity index is 0.000000996. The van der Waals surface area contributed by atoms with Crippen LogP contribution < -0.4 is 15.5 Å². The first-order chi connectivity index (χ1) is 21.0. The van der Waals surface area contributed by atoms with E-state index in [1.54, 1.807) is 20.4 Å². The molecular formula is C34H44N6O3. The summed E-state index contributed by atoms with van der Waals surface area (Å²) in [5, 5.41) is 6.44. The standard InChI is InChI=1S/C32H39N5O2.C2H5NO/c1-4-36-19-14-25(15-20-36)24-6-8-26(9-7-24)32(38)34-31-23-29(12-16-33-31)37(17-5-21-39-3)28-10-11-30-27(22-28)13-18-35(30)2;1-3-2-4/h6-13,16,18,22-23,25H,4-5,14-15,17,19-21H2,1-3H3,(H,33,34,38);2H,1H3,(H,3,4). The zero-order valence-corrected chi connectivity index (χ0v) is 25.8. The molecular weight excluding hydrogens is 540 g/mol. The molecule has 1 aliphatic heterocycles. The molecule has 1 fully saturated rings. The third-order valence-electron chi connectivity index (χ3n) is 8.00. The molecule has 0 atom stereocenters. The number of aryl methyl sites for hydroxylation is 1. The number of rotatable bonds is 11. The third-order valence-corrected chi connectivity index (χ3v) is 8.00. The SMILES string of the molecule is CCN1CCC(c2ccc(C(=O)Nc3cc(N(CCCOC)c4ccc5c(ccn5C)c4)ccn3)cc2)CC1.CNC=O. The maximum absolute atomic E-state index is 13.1. The van der Waals surface area contributed by atoms with Crippen LogP contribution >= 0.6 is 0 Å². The molecule has 0 radical (unpaired) electrons. The van der Waals surface area contributed by atoms with Crippen LogP contribution in [0.2, 0.25) is 0 Å². The number of fused-ring (bicyclic) bond motifs is 1. The van der Waals surface area contributed by atoms with Crippen LogP contribution in [0, 0.1) is 0 Å². The number of methoxy groups -OCH3 is 1. The topological polar surface area (TPSA) is 91.7 Å². The molecule has 43 heavy (non-hydrogen) atoms. The van der Waals surface area contributed by atoms with Crippen molar-refractivity contribution in [1.29, 1.82) is 0 Å². The van der Waals surface area contributed by atoms with Gasteiger partial charge in [-0.05, 0) is 92.8 Å². The van der Waals surface area contributed by atoms with Crippen LogP contribution in [0.3, 0.4) is 0 Å². The summed E-state index contributed by atoms with van der Waals surface area (Å²) >= 11 is 0. The van der Waals surface area contributed by atoms with Crippen LogP contribution in [0.5, 0.6) is 0 Å². The number of hydrogen-bond acceptors (Lipinski definition) is 6. The highest BCUT2D eigenvalue weighted by atomic mass is 16.5. The van der Waals surface area contributed by atoms with Crippen LogP contribution in [-0.4, -0.2) is 73.7 Å². The van der Waals surface area contributed by atoms with Crippen molar-refractivity contribution in [3.63, 3.8) is 0 Å². The number of amides is 2. The largest absolute Gasteiger partial charge is 0.385 e. The smallest absolute Gasteiger partial charge is 0.256 e. The van der Waals surface area contributed by atoms with Crippen molar-refractivity contribution in [2.75, 3.05) is 57.2 Å². The van der Waals surface area contributed by atoms with Gasteiger partial charge >= 0.3 is 0 Å². The number of ether oxygens (including phenoxy) is 1. The summed E-state index contributed by atoms with van der Waals surface area (Å²) in [6.45, 7) is 7.09. The van der Waals surface area contributed by atoms with Crippen molar-refractivity contribution in [3.05, 3.63) is 84.2 Å². The second-order valence-corrected chi connectivity index (χ2v) is 10.8. The fourth-order valence-electron chi connectivity index (χ4n) is 5.54. The van der Waals surface area contributed by atoms with Crippen molar-refractivity contribution >= 4 is 40.4 Å². The van der Waals surface area contributed by atoms with Gasteiger partial charge < -0.3 is 29.7 Å². The average molecular weight is 585 g/mol. The Hall–Kier alpha value is -4.21. The second-order valence-electron chi connectivity index (χ2n) is 10.8. The minimum absolute atomic E-state index is 0.149. The Morgan fingerprint density at radius 3 is 2.47 bits per heavy atom. The highest BCUT2D eigenvalue weighted by Crippen LogP contribution is 2.31. The third kappa shape index (κ3) is 8.43. The van der Waals surface area contributed by atoms with Gasteiger partial charge in [0.2, 0.25) is 6.41 Å². The number of likely N-dealkylation sites (tertiary alicyclic amines) is 1. The van der Waals surface area contributed by atoms with Gasteiger partial charge in [0.1, 0.15) is 5.82 Å². The Kier molecular flexibility index (Phi) is 11.7. The lowest BCUT2D eigenvalue weighted by Gasteiger charge is -2.31. The van der Waals surface area contributed by atoms with E-state index in [2.05, 4.69) is 86.6 Å². The molecule has 1 saturated heterocycles. The lowest BCUT2D eigenvalue weighted by Crippen LogP contribution is -2.32. The van der Waals surface area contributed by atoms with Gasteiger partial charge in [-0.1, -0.05) is 19.1 Å². The summed E-state index contributed by atoms with van der Waals surface area (Å²) in [5.74, 6) is 0.956. The highest BCUT2D eigenvalue weighted by Gasteiger charge is 2.20.